The molecule has 0 spiro atoms. The number of hydrogen-bond acceptors (Lipinski definition) is 2. The van der Waals surface area contributed by atoms with E-state index in [1.165, 1.54) is 0 Å². The summed E-state index contributed by atoms with van der Waals surface area (Å²) in [6.07, 6.45) is 1.03. The van der Waals surface area contributed by atoms with Crippen LogP contribution in [0.15, 0.2) is 0 Å². The maximum Gasteiger partial charge on any atom is 0.237 e. The molecule has 70 valence electrons. The van der Waals surface area contributed by atoms with E-state index in [0.29, 0.717) is 0 Å². The fourth-order valence-electron chi connectivity index (χ4n) is 1.44. The van der Waals surface area contributed by atoms with Crippen LogP contribution in [-0.2, 0) is 4.79 Å². The zero-order chi connectivity index (χ0) is 9.19. The van der Waals surface area contributed by atoms with Crippen molar-refractivity contribution in [2.24, 2.45) is 5.41 Å². The molecule has 0 saturated carbocycles. The number of carbonyl (C=O) groups is 1. The lowest BCUT2D eigenvalue weighted by molar-refractivity contribution is -0.125. The Balaban J connectivity index is 2.66. The van der Waals surface area contributed by atoms with Crippen LogP contribution in [0.4, 0.5) is 0 Å². The lowest BCUT2D eigenvalue weighted by Crippen LogP contribution is -2.49. The highest BCUT2D eigenvalue weighted by Gasteiger charge is 2.31. The van der Waals surface area contributed by atoms with Crippen molar-refractivity contribution >= 4 is 5.91 Å². The van der Waals surface area contributed by atoms with Gasteiger partial charge in [-0.1, -0.05) is 20.8 Å². The third-order valence-corrected chi connectivity index (χ3v) is 2.13. The molecule has 1 atom stereocenters. The van der Waals surface area contributed by atoms with Gasteiger partial charge in [0.05, 0.1) is 6.04 Å². The van der Waals surface area contributed by atoms with Gasteiger partial charge in [0.2, 0.25) is 5.91 Å². The molecule has 1 aliphatic rings. The predicted molar refractivity (Wildman–Crippen MR) is 48.9 cm³/mol. The molecule has 1 rings (SSSR count). The smallest absolute Gasteiger partial charge is 0.237 e. The normalized spacial score (nSPS) is 26.2. The molecule has 0 aromatic heterocycles. The van der Waals surface area contributed by atoms with Crippen molar-refractivity contribution in [3.05, 3.63) is 0 Å². The summed E-state index contributed by atoms with van der Waals surface area (Å²) in [5, 5.41) is 6.16. The van der Waals surface area contributed by atoms with Gasteiger partial charge in [-0.2, -0.15) is 0 Å². The van der Waals surface area contributed by atoms with Crippen LogP contribution in [0.3, 0.4) is 0 Å². The molecule has 3 heteroatoms. The minimum Gasteiger partial charge on any atom is -0.355 e. The SMILES string of the molecule is CC(C)(C)[C@H]1NCCCNC1=O. The largest absolute Gasteiger partial charge is 0.355 e. The first-order chi connectivity index (χ1) is 5.52. The number of nitrogens with one attached hydrogen (secondary N) is 2. The summed E-state index contributed by atoms with van der Waals surface area (Å²) in [4.78, 5) is 11.5. The summed E-state index contributed by atoms with van der Waals surface area (Å²) in [7, 11) is 0. The maximum absolute atomic E-state index is 11.5. The van der Waals surface area contributed by atoms with Gasteiger partial charge in [0.1, 0.15) is 0 Å². The molecule has 0 radical (unpaired) electrons. The van der Waals surface area contributed by atoms with Crippen LogP contribution in [-0.4, -0.2) is 25.0 Å². The summed E-state index contributed by atoms with van der Waals surface area (Å²) >= 11 is 0. The lowest BCUT2D eigenvalue weighted by atomic mass is 9.86. The standard InChI is InChI=1S/C9H18N2O/c1-9(2,3)7-8(12)11-6-4-5-10-7/h7,10H,4-6H2,1-3H3,(H,11,12)/t7-/m0/s1. The second kappa shape index (κ2) is 3.44. The third-order valence-electron chi connectivity index (χ3n) is 2.13. The van der Waals surface area contributed by atoms with Crippen LogP contribution < -0.4 is 10.6 Å². The second-order valence-electron chi connectivity index (χ2n) is 4.40. The molecular weight excluding hydrogens is 152 g/mol. The van der Waals surface area contributed by atoms with Gasteiger partial charge in [-0.15, -0.1) is 0 Å². The van der Waals surface area contributed by atoms with E-state index in [9.17, 15) is 4.79 Å². The molecule has 0 aromatic carbocycles. The average Bonchev–Trinajstić information content (AvgIpc) is 2.11. The highest BCUT2D eigenvalue weighted by molar-refractivity contribution is 5.82. The van der Waals surface area contributed by atoms with E-state index in [0.717, 1.165) is 19.5 Å². The molecule has 2 N–H and O–H groups in total. The van der Waals surface area contributed by atoms with Gasteiger partial charge >= 0.3 is 0 Å². The Morgan fingerprint density at radius 1 is 1.33 bits per heavy atom. The minimum atomic E-state index is -0.0417. The molecule has 0 bridgehead atoms. The van der Waals surface area contributed by atoms with E-state index in [4.69, 9.17) is 0 Å². The first kappa shape index (κ1) is 9.52. The zero-order valence-corrected chi connectivity index (χ0v) is 8.11. The van der Waals surface area contributed by atoms with E-state index in [2.05, 4.69) is 31.4 Å². The molecule has 1 saturated heterocycles. The summed E-state index contributed by atoms with van der Waals surface area (Å²) in [6, 6.07) is -0.0417. The topological polar surface area (TPSA) is 41.1 Å². The Kier molecular flexibility index (Phi) is 2.73. The fourth-order valence-corrected chi connectivity index (χ4v) is 1.44. The molecular formula is C9H18N2O. The first-order valence-electron chi connectivity index (χ1n) is 4.53. The molecule has 3 nitrogen and oxygen atoms in total. The molecule has 0 unspecified atom stereocenters. The Labute approximate surface area is 73.9 Å². The Bertz CT molecular complexity index is 172. The maximum atomic E-state index is 11.5. The van der Waals surface area contributed by atoms with Crippen molar-refractivity contribution in [2.75, 3.05) is 13.1 Å². The van der Waals surface area contributed by atoms with Crippen LogP contribution in [0.1, 0.15) is 27.2 Å². The van der Waals surface area contributed by atoms with Crippen molar-refractivity contribution < 1.29 is 4.79 Å². The number of rotatable bonds is 0. The fraction of sp³-hybridized carbons (Fsp3) is 0.889. The van der Waals surface area contributed by atoms with Crippen molar-refractivity contribution in [3.63, 3.8) is 0 Å². The minimum absolute atomic E-state index is 0.00836. The third kappa shape index (κ3) is 2.21. The number of amides is 1. The Morgan fingerprint density at radius 3 is 2.58 bits per heavy atom. The Hall–Kier alpha value is -0.570. The van der Waals surface area contributed by atoms with Crippen LogP contribution in [0.2, 0.25) is 0 Å². The number of carbonyl (C=O) groups excluding carboxylic acids is 1. The highest BCUT2D eigenvalue weighted by atomic mass is 16.2. The monoisotopic (exact) mass is 170 g/mol. The van der Waals surface area contributed by atoms with Gasteiger partial charge in [0.25, 0.3) is 0 Å². The average molecular weight is 170 g/mol. The highest BCUT2D eigenvalue weighted by Crippen LogP contribution is 2.19. The van der Waals surface area contributed by atoms with Gasteiger partial charge in [-0.25, -0.2) is 0 Å². The van der Waals surface area contributed by atoms with Crippen LogP contribution in [0, 0.1) is 5.41 Å². The van der Waals surface area contributed by atoms with Crippen LogP contribution in [0.25, 0.3) is 0 Å². The molecule has 1 fully saturated rings. The molecule has 12 heavy (non-hydrogen) atoms. The molecule has 0 aliphatic carbocycles. The van der Waals surface area contributed by atoms with Crippen molar-refractivity contribution in [2.45, 2.75) is 33.2 Å². The molecule has 1 heterocycles. The Morgan fingerprint density at radius 2 is 2.00 bits per heavy atom. The summed E-state index contributed by atoms with van der Waals surface area (Å²) in [6.45, 7) is 7.97. The molecule has 0 aromatic rings. The van der Waals surface area contributed by atoms with E-state index in [1.54, 1.807) is 0 Å². The quantitative estimate of drug-likeness (QED) is 0.556. The van der Waals surface area contributed by atoms with Gasteiger partial charge in [0, 0.05) is 6.54 Å². The molecule has 1 aliphatic heterocycles. The van der Waals surface area contributed by atoms with Crippen molar-refractivity contribution in [3.8, 4) is 0 Å². The summed E-state index contributed by atoms with van der Waals surface area (Å²) in [5.74, 6) is 0.139. The summed E-state index contributed by atoms with van der Waals surface area (Å²) in [5.41, 5.74) is 0.00836. The van der Waals surface area contributed by atoms with Gasteiger partial charge in [0.15, 0.2) is 0 Å². The molecule has 1 amide bonds. The van der Waals surface area contributed by atoms with E-state index < -0.39 is 0 Å². The van der Waals surface area contributed by atoms with Gasteiger partial charge < -0.3 is 10.6 Å². The van der Waals surface area contributed by atoms with Crippen LogP contribution >= 0.6 is 0 Å². The van der Waals surface area contributed by atoms with Gasteiger partial charge in [-0.05, 0) is 18.4 Å². The summed E-state index contributed by atoms with van der Waals surface area (Å²) < 4.78 is 0. The predicted octanol–water partition coefficient (Wildman–Crippen LogP) is 0.511. The second-order valence-corrected chi connectivity index (χ2v) is 4.40. The van der Waals surface area contributed by atoms with Gasteiger partial charge in [-0.3, -0.25) is 4.79 Å². The lowest BCUT2D eigenvalue weighted by Gasteiger charge is -2.28. The van der Waals surface area contributed by atoms with E-state index >= 15 is 0 Å². The zero-order valence-electron chi connectivity index (χ0n) is 8.11. The number of hydrogen-bond donors (Lipinski definition) is 2. The van der Waals surface area contributed by atoms with E-state index in [-0.39, 0.29) is 17.4 Å². The van der Waals surface area contributed by atoms with Crippen LogP contribution in [0.5, 0.6) is 0 Å². The van der Waals surface area contributed by atoms with Crippen molar-refractivity contribution in [1.82, 2.24) is 10.6 Å². The van der Waals surface area contributed by atoms with E-state index in [1.807, 2.05) is 0 Å². The van der Waals surface area contributed by atoms with Crippen molar-refractivity contribution in [1.29, 1.82) is 0 Å². The first-order valence-corrected chi connectivity index (χ1v) is 4.53.